The van der Waals surface area contributed by atoms with E-state index in [1.807, 2.05) is 44.2 Å². The fourth-order valence-electron chi connectivity index (χ4n) is 4.77. The van der Waals surface area contributed by atoms with E-state index in [9.17, 15) is 22.4 Å². The zero-order valence-corrected chi connectivity index (χ0v) is 27.1. The number of amides is 2. The molecule has 0 fully saturated rings. The predicted octanol–water partition coefficient (Wildman–Crippen LogP) is 6.54. The highest BCUT2D eigenvalue weighted by Gasteiger charge is 2.35. The molecule has 4 aromatic carbocycles. The van der Waals surface area contributed by atoms with Gasteiger partial charge >= 0.3 is 0 Å². The van der Waals surface area contributed by atoms with Gasteiger partial charge in [-0.05, 0) is 73.4 Å². The zero-order valence-electron chi connectivity index (χ0n) is 25.5. The number of aryl methyl sites for hydroxylation is 1. The van der Waals surface area contributed by atoms with Crippen molar-refractivity contribution < 1.29 is 22.4 Å². The van der Waals surface area contributed by atoms with E-state index in [1.54, 1.807) is 49.4 Å². The van der Waals surface area contributed by atoms with Gasteiger partial charge in [0.25, 0.3) is 10.0 Å². The molecule has 10 heteroatoms. The topological polar surface area (TPSA) is 86.8 Å². The summed E-state index contributed by atoms with van der Waals surface area (Å²) in [4.78, 5) is 29.7. The summed E-state index contributed by atoms with van der Waals surface area (Å²) in [6.45, 7) is 4.94. The Labute approximate surface area is 269 Å². The smallest absolute Gasteiger partial charge is 0.264 e. The molecule has 0 saturated carbocycles. The van der Waals surface area contributed by atoms with E-state index in [4.69, 9.17) is 11.6 Å². The summed E-state index contributed by atoms with van der Waals surface area (Å²) in [5.41, 5.74) is 2.34. The molecule has 0 aliphatic carbocycles. The standard InChI is InChI=1S/C35H37ClFN3O4S/c1-4-26(3)38-35(42)33(21-27-11-7-5-8-12-27)39(23-28-16-18-29(37)19-17-28)34(41)24-40(30-20-15-25(2)32(36)22-30)45(43,44)31-13-9-6-10-14-31/h5-20,22,26,33H,4,21,23-24H2,1-3H3,(H,38,42)/t26-,33-/m1/s1. The van der Waals surface area contributed by atoms with Gasteiger partial charge in [-0.3, -0.25) is 13.9 Å². The number of carbonyl (C=O) groups is 2. The van der Waals surface area contributed by atoms with Gasteiger partial charge < -0.3 is 10.2 Å². The lowest BCUT2D eigenvalue weighted by atomic mass is 10.0. The van der Waals surface area contributed by atoms with Crippen LogP contribution in [0.2, 0.25) is 5.02 Å². The molecule has 2 atom stereocenters. The van der Waals surface area contributed by atoms with Gasteiger partial charge in [0.05, 0.1) is 10.6 Å². The van der Waals surface area contributed by atoms with Crippen LogP contribution in [0.3, 0.4) is 0 Å². The summed E-state index contributed by atoms with van der Waals surface area (Å²) in [5.74, 6) is -1.43. The van der Waals surface area contributed by atoms with E-state index in [0.29, 0.717) is 17.0 Å². The van der Waals surface area contributed by atoms with Gasteiger partial charge in [-0.15, -0.1) is 0 Å². The molecule has 7 nitrogen and oxygen atoms in total. The van der Waals surface area contributed by atoms with Crippen LogP contribution >= 0.6 is 11.6 Å². The molecule has 2 amide bonds. The Morgan fingerprint density at radius 2 is 1.51 bits per heavy atom. The molecule has 0 radical (unpaired) electrons. The van der Waals surface area contributed by atoms with Crippen LogP contribution in [-0.2, 0) is 32.6 Å². The van der Waals surface area contributed by atoms with Gasteiger partial charge in [0.1, 0.15) is 18.4 Å². The van der Waals surface area contributed by atoms with Crippen LogP contribution in [0.5, 0.6) is 0 Å². The average Bonchev–Trinajstić information content (AvgIpc) is 3.04. The molecule has 0 aromatic heterocycles. The van der Waals surface area contributed by atoms with Gasteiger partial charge in [-0.2, -0.15) is 0 Å². The fraction of sp³-hybridized carbons (Fsp3) is 0.257. The highest BCUT2D eigenvalue weighted by molar-refractivity contribution is 7.92. The summed E-state index contributed by atoms with van der Waals surface area (Å²) < 4.78 is 42.9. The van der Waals surface area contributed by atoms with Gasteiger partial charge in [-0.25, -0.2) is 12.8 Å². The first-order valence-corrected chi connectivity index (χ1v) is 16.5. The molecule has 1 N–H and O–H groups in total. The van der Waals surface area contributed by atoms with Crippen molar-refractivity contribution in [3.8, 4) is 0 Å². The van der Waals surface area contributed by atoms with Crippen molar-refractivity contribution >= 4 is 39.1 Å². The highest BCUT2D eigenvalue weighted by Crippen LogP contribution is 2.29. The number of rotatable bonds is 13. The van der Waals surface area contributed by atoms with Crippen molar-refractivity contribution in [1.29, 1.82) is 0 Å². The maximum Gasteiger partial charge on any atom is 0.264 e. The van der Waals surface area contributed by atoms with Crippen LogP contribution < -0.4 is 9.62 Å². The summed E-state index contributed by atoms with van der Waals surface area (Å²) in [5, 5.41) is 3.33. The number of anilines is 1. The Kier molecular flexibility index (Phi) is 11.4. The molecule has 0 saturated heterocycles. The number of carbonyl (C=O) groups excluding carboxylic acids is 2. The second-order valence-corrected chi connectivity index (χ2v) is 13.2. The normalized spacial score (nSPS) is 12.6. The van der Waals surface area contributed by atoms with Crippen molar-refractivity contribution in [2.24, 2.45) is 0 Å². The van der Waals surface area contributed by atoms with Crippen LogP contribution in [0.25, 0.3) is 0 Å². The van der Waals surface area contributed by atoms with Crippen molar-refractivity contribution in [3.05, 3.63) is 131 Å². The molecular weight excluding hydrogens is 613 g/mol. The molecule has 0 aliphatic heterocycles. The number of hydrogen-bond donors (Lipinski definition) is 1. The summed E-state index contributed by atoms with van der Waals surface area (Å²) in [6.07, 6.45) is 0.852. The van der Waals surface area contributed by atoms with Crippen molar-refractivity contribution in [2.75, 3.05) is 10.8 Å². The molecule has 0 aliphatic rings. The van der Waals surface area contributed by atoms with Gasteiger partial charge in [0, 0.05) is 24.0 Å². The van der Waals surface area contributed by atoms with E-state index in [2.05, 4.69) is 5.32 Å². The minimum absolute atomic E-state index is 0.00469. The van der Waals surface area contributed by atoms with Gasteiger partial charge in [0.15, 0.2) is 0 Å². The quantitative estimate of drug-likeness (QED) is 0.178. The first-order valence-electron chi connectivity index (χ1n) is 14.7. The fourth-order valence-corrected chi connectivity index (χ4v) is 6.37. The van der Waals surface area contributed by atoms with Crippen LogP contribution in [0.1, 0.15) is 37.0 Å². The molecule has 45 heavy (non-hydrogen) atoms. The second-order valence-electron chi connectivity index (χ2n) is 10.9. The van der Waals surface area contributed by atoms with Crippen molar-refractivity contribution in [2.45, 2.75) is 57.1 Å². The maximum absolute atomic E-state index is 14.5. The molecule has 0 unspecified atom stereocenters. The van der Waals surface area contributed by atoms with Gasteiger partial charge in [0.2, 0.25) is 11.8 Å². The first-order chi connectivity index (χ1) is 21.5. The average molecular weight is 650 g/mol. The number of benzene rings is 4. The minimum atomic E-state index is -4.24. The van der Waals surface area contributed by atoms with E-state index in [-0.39, 0.29) is 35.5 Å². The predicted molar refractivity (Wildman–Crippen MR) is 176 cm³/mol. The monoisotopic (exact) mass is 649 g/mol. The third-order valence-electron chi connectivity index (χ3n) is 7.59. The lowest BCUT2D eigenvalue weighted by Crippen LogP contribution is -2.54. The van der Waals surface area contributed by atoms with E-state index < -0.39 is 34.3 Å². The summed E-state index contributed by atoms with van der Waals surface area (Å²) in [7, 11) is -4.24. The summed E-state index contributed by atoms with van der Waals surface area (Å²) in [6, 6.07) is 26.4. The van der Waals surface area contributed by atoms with Crippen LogP contribution in [-0.4, -0.2) is 43.8 Å². The molecular formula is C35H37ClFN3O4S. The van der Waals surface area contributed by atoms with Crippen molar-refractivity contribution in [3.63, 3.8) is 0 Å². The van der Waals surface area contributed by atoms with E-state index >= 15 is 0 Å². The number of halogens is 2. The zero-order chi connectivity index (χ0) is 32.6. The third-order valence-corrected chi connectivity index (χ3v) is 9.79. The molecule has 0 heterocycles. The number of sulfonamides is 1. The maximum atomic E-state index is 14.5. The lowest BCUT2D eigenvalue weighted by Gasteiger charge is -2.34. The molecule has 4 rings (SSSR count). The van der Waals surface area contributed by atoms with E-state index in [0.717, 1.165) is 15.4 Å². The Hall–Kier alpha value is -4.21. The minimum Gasteiger partial charge on any atom is -0.352 e. The Morgan fingerprint density at radius 3 is 2.11 bits per heavy atom. The first kappa shape index (κ1) is 33.7. The van der Waals surface area contributed by atoms with Crippen LogP contribution in [0.4, 0.5) is 10.1 Å². The molecule has 0 bridgehead atoms. The highest BCUT2D eigenvalue weighted by atomic mass is 35.5. The van der Waals surface area contributed by atoms with Gasteiger partial charge in [-0.1, -0.05) is 85.3 Å². The van der Waals surface area contributed by atoms with Crippen LogP contribution in [0, 0.1) is 12.7 Å². The number of nitrogens with one attached hydrogen (secondary N) is 1. The Morgan fingerprint density at radius 1 is 0.889 bits per heavy atom. The summed E-state index contributed by atoms with van der Waals surface area (Å²) >= 11 is 6.42. The molecule has 236 valence electrons. The Balaban J connectivity index is 1.81. The lowest BCUT2D eigenvalue weighted by molar-refractivity contribution is -0.140. The SMILES string of the molecule is CC[C@@H](C)NC(=O)[C@@H](Cc1ccccc1)N(Cc1ccc(F)cc1)C(=O)CN(c1ccc(C)c(Cl)c1)S(=O)(=O)c1ccccc1. The number of nitrogens with zero attached hydrogens (tertiary/aromatic N) is 2. The Bertz CT molecular complexity index is 1700. The van der Waals surface area contributed by atoms with E-state index in [1.165, 1.54) is 35.2 Å². The van der Waals surface area contributed by atoms with Crippen LogP contribution in [0.15, 0.2) is 108 Å². The van der Waals surface area contributed by atoms with Crippen molar-refractivity contribution in [1.82, 2.24) is 10.2 Å². The third kappa shape index (κ3) is 8.71. The molecule has 4 aromatic rings. The largest absolute Gasteiger partial charge is 0.352 e. The second kappa shape index (κ2) is 15.2. The number of hydrogen-bond acceptors (Lipinski definition) is 4. The molecule has 0 spiro atoms.